The van der Waals surface area contributed by atoms with Crippen molar-refractivity contribution >= 4 is 17.7 Å². The molecule has 0 bridgehead atoms. The van der Waals surface area contributed by atoms with E-state index in [-0.39, 0.29) is 23.6 Å². The number of nitrogens with two attached hydrogens (primary N) is 1. The summed E-state index contributed by atoms with van der Waals surface area (Å²) in [4.78, 5) is 39.2. The van der Waals surface area contributed by atoms with Gasteiger partial charge in [-0.15, -0.1) is 0 Å². The van der Waals surface area contributed by atoms with Gasteiger partial charge in [0.2, 0.25) is 11.8 Å². The minimum absolute atomic E-state index is 0.00838. The van der Waals surface area contributed by atoms with Crippen LogP contribution in [0.25, 0.3) is 0 Å². The molecule has 2 aliphatic rings. The molecule has 1 saturated carbocycles. The number of amides is 3. The van der Waals surface area contributed by atoms with Crippen LogP contribution in [0.2, 0.25) is 0 Å². The molecule has 3 rings (SSSR count). The molecule has 0 radical (unpaired) electrons. The summed E-state index contributed by atoms with van der Waals surface area (Å²) in [6.07, 6.45) is -0.931. The fourth-order valence-electron chi connectivity index (χ4n) is 4.18. The minimum atomic E-state index is -4.56. The molecule has 10 heteroatoms. The smallest absolute Gasteiger partial charge is 0.351 e. The van der Waals surface area contributed by atoms with Gasteiger partial charge < -0.3 is 21.3 Å². The SMILES string of the molecule is N[C@@H]1CC[C@H](NC(=O)CNC(=O)c2cccc(C(F)(F)F)c2)[C@H](C(=O)N2CCCC2)C1. The Labute approximate surface area is 178 Å². The Hall–Kier alpha value is -2.62. The maximum atomic E-state index is 12.9. The standard InChI is InChI=1S/C21H27F3N4O3/c22-21(23,24)14-5-3-4-13(10-14)19(30)26-12-18(29)27-17-7-6-15(25)11-16(17)20(31)28-8-1-2-9-28/h3-5,10,15-17H,1-2,6-9,11-12,25H2,(H,26,30)(H,27,29)/t15-,16-,17+/m1/s1. The molecule has 1 heterocycles. The van der Waals surface area contributed by atoms with Crippen molar-refractivity contribution in [3.63, 3.8) is 0 Å². The van der Waals surface area contributed by atoms with E-state index in [0.717, 1.165) is 31.0 Å². The van der Waals surface area contributed by atoms with Gasteiger partial charge in [0.1, 0.15) is 0 Å². The van der Waals surface area contributed by atoms with E-state index in [9.17, 15) is 27.6 Å². The molecule has 4 N–H and O–H groups in total. The Kier molecular flexibility index (Phi) is 7.19. The van der Waals surface area contributed by atoms with Crippen molar-refractivity contribution in [2.45, 2.75) is 50.4 Å². The van der Waals surface area contributed by atoms with E-state index >= 15 is 0 Å². The Morgan fingerprint density at radius 2 is 1.84 bits per heavy atom. The Balaban J connectivity index is 1.56. The van der Waals surface area contributed by atoms with Gasteiger partial charge in [-0.05, 0) is 50.3 Å². The molecule has 0 spiro atoms. The van der Waals surface area contributed by atoms with Crippen molar-refractivity contribution in [3.05, 3.63) is 35.4 Å². The average molecular weight is 440 g/mol. The molecule has 7 nitrogen and oxygen atoms in total. The second-order valence-electron chi connectivity index (χ2n) is 8.15. The highest BCUT2D eigenvalue weighted by molar-refractivity contribution is 5.96. The van der Waals surface area contributed by atoms with Crippen LogP contribution in [0.1, 0.15) is 48.0 Å². The van der Waals surface area contributed by atoms with Gasteiger partial charge in [0, 0.05) is 30.7 Å². The number of halogens is 3. The van der Waals surface area contributed by atoms with Crippen LogP contribution >= 0.6 is 0 Å². The van der Waals surface area contributed by atoms with Crippen LogP contribution in [0, 0.1) is 5.92 Å². The van der Waals surface area contributed by atoms with Crippen molar-refractivity contribution in [2.24, 2.45) is 11.7 Å². The quantitative estimate of drug-likeness (QED) is 0.648. The zero-order valence-electron chi connectivity index (χ0n) is 17.1. The van der Waals surface area contributed by atoms with Crippen molar-refractivity contribution in [1.29, 1.82) is 0 Å². The molecule has 1 aromatic rings. The van der Waals surface area contributed by atoms with E-state index in [1.54, 1.807) is 4.90 Å². The van der Waals surface area contributed by atoms with E-state index in [0.29, 0.717) is 32.4 Å². The number of alkyl halides is 3. The molecule has 0 unspecified atom stereocenters. The van der Waals surface area contributed by atoms with Gasteiger partial charge in [-0.1, -0.05) is 6.07 Å². The van der Waals surface area contributed by atoms with Gasteiger partial charge in [0.05, 0.1) is 18.0 Å². The Bertz CT molecular complexity index is 824. The predicted octanol–water partition coefficient (Wildman–Crippen LogP) is 1.67. The first-order valence-corrected chi connectivity index (χ1v) is 10.4. The molecule has 3 atom stereocenters. The lowest BCUT2D eigenvalue weighted by Crippen LogP contribution is -2.53. The van der Waals surface area contributed by atoms with Crippen molar-refractivity contribution < 1.29 is 27.6 Å². The van der Waals surface area contributed by atoms with Crippen LogP contribution in [-0.4, -0.2) is 54.3 Å². The highest BCUT2D eigenvalue weighted by Gasteiger charge is 2.38. The van der Waals surface area contributed by atoms with Crippen LogP contribution in [0.5, 0.6) is 0 Å². The third-order valence-electron chi connectivity index (χ3n) is 5.83. The number of nitrogens with zero attached hydrogens (tertiary/aromatic N) is 1. The van der Waals surface area contributed by atoms with Gasteiger partial charge in [-0.2, -0.15) is 13.2 Å². The molecule has 1 aliphatic heterocycles. The topological polar surface area (TPSA) is 105 Å². The fraction of sp³-hybridized carbons (Fsp3) is 0.571. The lowest BCUT2D eigenvalue weighted by molar-refractivity contribution is -0.138. The summed E-state index contributed by atoms with van der Waals surface area (Å²) in [6, 6.07) is 3.50. The first-order chi connectivity index (χ1) is 14.6. The Morgan fingerprint density at radius 3 is 2.52 bits per heavy atom. The Morgan fingerprint density at radius 1 is 1.13 bits per heavy atom. The summed E-state index contributed by atoms with van der Waals surface area (Å²) in [5.41, 5.74) is 4.91. The largest absolute Gasteiger partial charge is 0.416 e. The maximum Gasteiger partial charge on any atom is 0.416 e. The third-order valence-corrected chi connectivity index (χ3v) is 5.83. The van der Waals surface area contributed by atoms with Crippen LogP contribution in [0.4, 0.5) is 13.2 Å². The molecule has 170 valence electrons. The molecule has 1 saturated heterocycles. The molecule has 0 aromatic heterocycles. The van der Waals surface area contributed by atoms with Crippen molar-refractivity contribution in [1.82, 2.24) is 15.5 Å². The maximum absolute atomic E-state index is 12.9. The number of benzene rings is 1. The molecule has 1 aliphatic carbocycles. The van der Waals surface area contributed by atoms with Gasteiger partial charge in [0.15, 0.2) is 0 Å². The minimum Gasteiger partial charge on any atom is -0.351 e. The number of likely N-dealkylation sites (tertiary alicyclic amines) is 1. The number of carbonyl (C=O) groups is 3. The summed E-state index contributed by atoms with van der Waals surface area (Å²) in [7, 11) is 0. The molecular formula is C21H27F3N4O3. The molecule has 1 aromatic carbocycles. The zero-order valence-corrected chi connectivity index (χ0v) is 17.1. The van der Waals surface area contributed by atoms with Gasteiger partial charge >= 0.3 is 6.18 Å². The van der Waals surface area contributed by atoms with E-state index in [1.165, 1.54) is 6.07 Å². The summed E-state index contributed by atoms with van der Waals surface area (Å²) >= 11 is 0. The second kappa shape index (κ2) is 9.67. The molecule has 3 amide bonds. The van der Waals surface area contributed by atoms with Crippen LogP contribution < -0.4 is 16.4 Å². The van der Waals surface area contributed by atoms with E-state index in [4.69, 9.17) is 5.73 Å². The number of rotatable bonds is 5. The van der Waals surface area contributed by atoms with Gasteiger partial charge in [0.25, 0.3) is 5.91 Å². The van der Waals surface area contributed by atoms with Crippen LogP contribution in [0.3, 0.4) is 0 Å². The molecule has 2 fully saturated rings. The first kappa shape index (κ1) is 23.1. The van der Waals surface area contributed by atoms with E-state index in [2.05, 4.69) is 10.6 Å². The number of nitrogens with one attached hydrogen (secondary N) is 2. The lowest BCUT2D eigenvalue weighted by Gasteiger charge is -2.36. The predicted molar refractivity (Wildman–Crippen MR) is 107 cm³/mol. The third kappa shape index (κ3) is 5.96. The number of hydrogen-bond acceptors (Lipinski definition) is 4. The average Bonchev–Trinajstić information content (AvgIpc) is 3.27. The van der Waals surface area contributed by atoms with Crippen molar-refractivity contribution in [2.75, 3.05) is 19.6 Å². The highest BCUT2D eigenvalue weighted by Crippen LogP contribution is 2.29. The van der Waals surface area contributed by atoms with Crippen molar-refractivity contribution in [3.8, 4) is 0 Å². The summed E-state index contributed by atoms with van der Waals surface area (Å²) in [6.45, 7) is 1.01. The van der Waals surface area contributed by atoms with Gasteiger partial charge in [-0.3, -0.25) is 14.4 Å². The number of carbonyl (C=O) groups excluding carboxylic acids is 3. The summed E-state index contributed by atoms with van der Waals surface area (Å²) in [5, 5.41) is 5.14. The van der Waals surface area contributed by atoms with E-state index < -0.39 is 36.0 Å². The fourth-order valence-corrected chi connectivity index (χ4v) is 4.18. The van der Waals surface area contributed by atoms with Crippen LogP contribution in [0.15, 0.2) is 24.3 Å². The molecule has 31 heavy (non-hydrogen) atoms. The monoisotopic (exact) mass is 440 g/mol. The lowest BCUT2D eigenvalue weighted by atomic mass is 9.81. The van der Waals surface area contributed by atoms with E-state index in [1.807, 2.05) is 0 Å². The normalized spacial score (nSPS) is 24.0. The molecular weight excluding hydrogens is 413 g/mol. The van der Waals surface area contributed by atoms with Crippen LogP contribution in [-0.2, 0) is 15.8 Å². The summed E-state index contributed by atoms with van der Waals surface area (Å²) in [5.74, 6) is -1.70. The zero-order chi connectivity index (χ0) is 22.6. The second-order valence-corrected chi connectivity index (χ2v) is 8.15. The number of hydrogen-bond donors (Lipinski definition) is 3. The van der Waals surface area contributed by atoms with Gasteiger partial charge in [-0.25, -0.2) is 0 Å². The first-order valence-electron chi connectivity index (χ1n) is 10.4. The highest BCUT2D eigenvalue weighted by atomic mass is 19.4. The summed E-state index contributed by atoms with van der Waals surface area (Å²) < 4.78 is 38.4.